The van der Waals surface area contributed by atoms with E-state index < -0.39 is 43.0 Å². The van der Waals surface area contributed by atoms with Crippen LogP contribution in [0.25, 0.3) is 0 Å². The molecule has 8 heteroatoms. The van der Waals surface area contributed by atoms with Gasteiger partial charge in [-0.25, -0.2) is 0 Å². The van der Waals surface area contributed by atoms with Gasteiger partial charge >= 0.3 is 5.97 Å². The zero-order valence-electron chi connectivity index (χ0n) is 29.8. The van der Waals surface area contributed by atoms with Gasteiger partial charge in [0.15, 0.2) is 11.6 Å². The number of rotatable bonds is 21. The van der Waals surface area contributed by atoms with Gasteiger partial charge in [-0.3, -0.25) is 24.1 Å². The zero-order valence-corrected chi connectivity index (χ0v) is 25.8. The Morgan fingerprint density at radius 2 is 1.56 bits per heavy atom. The van der Waals surface area contributed by atoms with Gasteiger partial charge in [-0.1, -0.05) is 59.6 Å². The van der Waals surface area contributed by atoms with E-state index in [4.69, 9.17) is 10.2 Å². The molecule has 0 heterocycles. The summed E-state index contributed by atoms with van der Waals surface area (Å²) in [7, 11) is 5.21. The van der Waals surface area contributed by atoms with Gasteiger partial charge in [0.1, 0.15) is 12.1 Å². The molecule has 0 aliphatic rings. The second-order valence-corrected chi connectivity index (χ2v) is 11.6. The minimum Gasteiger partial charge on any atom is -0.460 e. The monoisotopic (exact) mass is 555 g/mol. The van der Waals surface area contributed by atoms with Crippen LogP contribution >= 0.6 is 0 Å². The van der Waals surface area contributed by atoms with Gasteiger partial charge in [-0.05, 0) is 71.4 Å². The normalized spacial score (nSPS) is 17.9. The Kier molecular flexibility index (Phi) is 15.3. The Balaban J connectivity index is 5.06. The highest BCUT2D eigenvalue weighted by Crippen LogP contribution is 2.22. The number of nitrogens with zero attached hydrogens (tertiary/aromatic N) is 1. The van der Waals surface area contributed by atoms with Gasteiger partial charge in [-0.2, -0.15) is 0 Å². The van der Waals surface area contributed by atoms with E-state index in [1.54, 1.807) is 33.0 Å². The predicted octanol–water partition coefficient (Wildman–Crippen LogP) is 4.70. The minimum atomic E-state index is -2.52. The molecule has 0 saturated heterocycles. The van der Waals surface area contributed by atoms with Crippen LogP contribution in [0, 0.1) is 17.8 Å². The third kappa shape index (κ3) is 14.8. The number of amides is 1. The predicted molar refractivity (Wildman–Crippen MR) is 158 cm³/mol. The number of hydrogen-bond donors (Lipinski definition) is 2. The third-order valence-corrected chi connectivity index (χ3v) is 6.93. The summed E-state index contributed by atoms with van der Waals surface area (Å²) < 4.78 is 35.4. The maximum absolute atomic E-state index is 13.3. The van der Waals surface area contributed by atoms with Crippen LogP contribution in [0.5, 0.6) is 0 Å². The first kappa shape index (κ1) is 29.9. The molecule has 0 aliphatic carbocycles. The SMILES string of the molecule is [2H]/C(=C\C[C@@H](C)C(OC(C)=O)C(C(=O)CCCCCCC(=O)[C@@H](NC(=O)[C@H](CC(C)C)NC)C(C)C)N(C)C)C([2H])([2H])[2H]. The van der Waals surface area contributed by atoms with E-state index in [0.717, 1.165) is 12.8 Å². The van der Waals surface area contributed by atoms with Crippen molar-refractivity contribution in [3.8, 4) is 0 Å². The molecule has 226 valence electrons. The van der Waals surface area contributed by atoms with Crippen LogP contribution in [0.15, 0.2) is 12.1 Å². The maximum Gasteiger partial charge on any atom is 0.302 e. The number of ketones is 2. The number of unbranched alkanes of at least 4 members (excludes halogenated alkanes) is 3. The highest BCUT2D eigenvalue weighted by molar-refractivity contribution is 5.91. The molecule has 0 aromatic carbocycles. The quantitative estimate of drug-likeness (QED) is 0.120. The Morgan fingerprint density at radius 1 is 0.974 bits per heavy atom. The summed E-state index contributed by atoms with van der Waals surface area (Å²) in [6.07, 6.45) is 4.73. The molecule has 2 unspecified atom stereocenters. The number of allylic oxidation sites excluding steroid dienone is 2. The lowest BCUT2D eigenvalue weighted by molar-refractivity contribution is -0.155. The molecule has 5 atom stereocenters. The van der Waals surface area contributed by atoms with Crippen molar-refractivity contribution in [1.29, 1.82) is 0 Å². The Bertz CT molecular complexity index is 922. The molecule has 39 heavy (non-hydrogen) atoms. The van der Waals surface area contributed by atoms with Gasteiger partial charge in [-0.15, -0.1) is 0 Å². The van der Waals surface area contributed by atoms with E-state index in [2.05, 4.69) is 10.6 Å². The highest BCUT2D eigenvalue weighted by Gasteiger charge is 2.35. The number of likely N-dealkylation sites (N-methyl/N-ethyl adjacent to an activating group) is 2. The summed E-state index contributed by atoms with van der Waals surface area (Å²) in [6.45, 7) is 8.46. The largest absolute Gasteiger partial charge is 0.460 e. The summed E-state index contributed by atoms with van der Waals surface area (Å²) in [5.74, 6) is -0.859. The van der Waals surface area contributed by atoms with Crippen LogP contribution in [-0.2, 0) is 23.9 Å². The second-order valence-electron chi connectivity index (χ2n) is 11.6. The lowest BCUT2D eigenvalue weighted by atomic mass is 9.89. The number of ether oxygens (including phenoxy) is 1. The Morgan fingerprint density at radius 3 is 2.03 bits per heavy atom. The molecule has 0 spiro atoms. The Hall–Kier alpha value is -2.06. The number of hydrogen-bond acceptors (Lipinski definition) is 7. The number of carbonyl (C=O) groups excluding carboxylic acids is 4. The van der Waals surface area contributed by atoms with E-state index in [1.807, 2.05) is 27.7 Å². The standard InChI is InChI=1S/C31H57N3O5/c1-11-12-17-23(6)30(39-24(7)35)29(34(9)10)27(37)19-16-14-13-15-18-26(36)28(22(4)5)33-31(38)25(32-8)20-21(2)3/h11-12,21-23,25,28-30,32H,13-20H2,1-10H3,(H,33,38)/b12-11+/t23-,25+,28+,29?,30?/m1/s1/i1D3,11D. The fourth-order valence-electron chi connectivity index (χ4n) is 4.78. The van der Waals surface area contributed by atoms with E-state index in [9.17, 15) is 19.2 Å². The van der Waals surface area contributed by atoms with E-state index >= 15 is 0 Å². The molecule has 1 amide bonds. The topological polar surface area (TPSA) is 105 Å². The average molecular weight is 556 g/mol. The van der Waals surface area contributed by atoms with Crippen LogP contribution in [-0.4, -0.2) is 73.7 Å². The summed E-state index contributed by atoms with van der Waals surface area (Å²) in [6, 6.07) is -2.09. The molecule has 0 aromatic rings. The average Bonchev–Trinajstić information content (AvgIpc) is 2.88. The van der Waals surface area contributed by atoms with Crippen LogP contribution < -0.4 is 10.6 Å². The van der Waals surface area contributed by atoms with Gasteiger partial charge in [0.05, 0.1) is 13.5 Å². The molecule has 0 aromatic heterocycles. The molecular weight excluding hydrogens is 494 g/mol. The summed E-state index contributed by atoms with van der Waals surface area (Å²) in [5, 5.41) is 5.98. The fraction of sp³-hybridized carbons (Fsp3) is 0.806. The molecule has 0 fully saturated rings. The number of Topliss-reactive ketones (excluding diaryl/α,β-unsaturated/α-hetero) is 2. The van der Waals surface area contributed by atoms with Crippen molar-refractivity contribution < 1.29 is 29.4 Å². The fourth-order valence-corrected chi connectivity index (χ4v) is 4.78. The third-order valence-electron chi connectivity index (χ3n) is 6.93. The van der Waals surface area contributed by atoms with Crippen molar-refractivity contribution in [3.63, 3.8) is 0 Å². The molecule has 0 radical (unpaired) electrons. The summed E-state index contributed by atoms with van der Waals surface area (Å²) >= 11 is 0. The molecule has 8 nitrogen and oxygen atoms in total. The van der Waals surface area contributed by atoms with Crippen molar-refractivity contribution in [2.24, 2.45) is 17.8 Å². The second kappa shape index (κ2) is 19.9. The van der Waals surface area contributed by atoms with Crippen molar-refractivity contribution in [1.82, 2.24) is 15.5 Å². The molecular formula is C31H57N3O5. The lowest BCUT2D eigenvalue weighted by Crippen LogP contribution is -2.51. The maximum atomic E-state index is 13.3. The highest BCUT2D eigenvalue weighted by atomic mass is 16.5. The number of nitrogens with one attached hydrogen (secondary N) is 2. The minimum absolute atomic E-state index is 0.00749. The van der Waals surface area contributed by atoms with E-state index in [0.29, 0.717) is 31.6 Å². The molecule has 0 rings (SSSR count). The van der Waals surface area contributed by atoms with Crippen LogP contribution in [0.1, 0.15) is 105 Å². The van der Waals surface area contributed by atoms with Crippen LogP contribution in [0.2, 0.25) is 0 Å². The molecule has 0 saturated carbocycles. The summed E-state index contributed by atoms with van der Waals surface area (Å²) in [5.41, 5.74) is 0. The zero-order chi connectivity index (χ0) is 33.5. The number of esters is 1. The van der Waals surface area contributed by atoms with Crippen LogP contribution in [0.3, 0.4) is 0 Å². The van der Waals surface area contributed by atoms with E-state index in [-0.39, 0.29) is 42.3 Å². The van der Waals surface area contributed by atoms with Crippen molar-refractivity contribution >= 4 is 23.4 Å². The molecule has 0 aliphatic heterocycles. The first-order valence-corrected chi connectivity index (χ1v) is 14.4. The van der Waals surface area contributed by atoms with E-state index in [1.165, 1.54) is 13.0 Å². The first-order chi connectivity index (χ1) is 19.8. The summed E-state index contributed by atoms with van der Waals surface area (Å²) in [4.78, 5) is 52.6. The first-order valence-electron chi connectivity index (χ1n) is 16.4. The Labute approximate surface area is 243 Å². The van der Waals surface area contributed by atoms with Crippen molar-refractivity contribution in [2.45, 2.75) is 124 Å². The smallest absolute Gasteiger partial charge is 0.302 e. The molecule has 0 bridgehead atoms. The lowest BCUT2D eigenvalue weighted by Gasteiger charge is -2.34. The van der Waals surface area contributed by atoms with Gasteiger partial charge in [0.25, 0.3) is 0 Å². The van der Waals surface area contributed by atoms with Crippen LogP contribution in [0.4, 0.5) is 0 Å². The van der Waals surface area contributed by atoms with Crippen molar-refractivity contribution in [3.05, 3.63) is 12.1 Å². The van der Waals surface area contributed by atoms with Gasteiger partial charge in [0, 0.05) is 23.9 Å². The number of carbonyl (C=O) groups is 4. The van der Waals surface area contributed by atoms with Gasteiger partial charge in [0.2, 0.25) is 5.91 Å². The van der Waals surface area contributed by atoms with Crippen molar-refractivity contribution in [2.75, 3.05) is 21.1 Å². The van der Waals surface area contributed by atoms with Gasteiger partial charge < -0.3 is 15.4 Å². The molecule has 2 N–H and O–H groups in total.